The lowest BCUT2D eigenvalue weighted by atomic mass is 10.2. The van der Waals surface area contributed by atoms with E-state index in [0.717, 1.165) is 31.9 Å². The van der Waals surface area contributed by atoms with Crippen LogP contribution in [0.15, 0.2) is 16.6 Å². The van der Waals surface area contributed by atoms with E-state index in [9.17, 15) is 4.39 Å². The first-order chi connectivity index (χ1) is 8.61. The van der Waals surface area contributed by atoms with E-state index < -0.39 is 0 Å². The molecule has 6 heteroatoms. The number of aliphatic hydroxyl groups is 1. The zero-order valence-corrected chi connectivity index (χ0v) is 11.7. The van der Waals surface area contributed by atoms with Gasteiger partial charge in [0, 0.05) is 38.8 Å². The molecule has 1 aliphatic heterocycles. The summed E-state index contributed by atoms with van der Waals surface area (Å²) in [6.45, 7) is 4.18. The first-order valence-corrected chi connectivity index (χ1v) is 6.74. The number of anilines is 2. The van der Waals surface area contributed by atoms with Crippen LogP contribution in [0.5, 0.6) is 0 Å². The number of benzene rings is 1. The van der Waals surface area contributed by atoms with Crippen LogP contribution in [0, 0.1) is 5.82 Å². The average molecular weight is 318 g/mol. The minimum Gasteiger partial charge on any atom is -0.397 e. The van der Waals surface area contributed by atoms with Gasteiger partial charge in [-0.3, -0.25) is 4.90 Å². The van der Waals surface area contributed by atoms with Crippen LogP contribution in [0.1, 0.15) is 0 Å². The molecule has 0 amide bonds. The minimum absolute atomic E-state index is 0.176. The van der Waals surface area contributed by atoms with Crippen LogP contribution < -0.4 is 10.6 Å². The molecule has 2 rings (SSSR count). The molecule has 0 unspecified atom stereocenters. The highest BCUT2D eigenvalue weighted by atomic mass is 79.9. The van der Waals surface area contributed by atoms with Crippen LogP contribution >= 0.6 is 15.9 Å². The fourth-order valence-electron chi connectivity index (χ4n) is 2.18. The molecule has 0 saturated carbocycles. The van der Waals surface area contributed by atoms with Crippen LogP contribution in [0.3, 0.4) is 0 Å². The van der Waals surface area contributed by atoms with Crippen LogP contribution in [0.4, 0.5) is 15.8 Å². The standard InChI is InChI=1S/C12H17BrFN3O/c13-9-7-11(15)12(8-10(9)14)17-3-1-16(2-4-17)5-6-18/h7-8,18H,1-6,15H2. The molecule has 18 heavy (non-hydrogen) atoms. The maximum absolute atomic E-state index is 13.5. The number of rotatable bonds is 3. The Hall–Kier alpha value is -0.850. The molecule has 1 fully saturated rings. The fourth-order valence-corrected chi connectivity index (χ4v) is 2.54. The Morgan fingerprint density at radius 1 is 1.28 bits per heavy atom. The van der Waals surface area contributed by atoms with Gasteiger partial charge in [0.2, 0.25) is 0 Å². The summed E-state index contributed by atoms with van der Waals surface area (Å²) in [6, 6.07) is 3.08. The van der Waals surface area contributed by atoms with Crippen molar-refractivity contribution in [3.8, 4) is 0 Å². The summed E-state index contributed by atoms with van der Waals surface area (Å²) in [5, 5.41) is 8.88. The molecule has 0 radical (unpaired) electrons. The molecule has 0 aromatic heterocycles. The molecule has 1 aromatic carbocycles. The zero-order chi connectivity index (χ0) is 13.1. The van der Waals surface area contributed by atoms with Crippen molar-refractivity contribution in [3.63, 3.8) is 0 Å². The van der Waals surface area contributed by atoms with Crippen molar-refractivity contribution in [1.82, 2.24) is 4.90 Å². The summed E-state index contributed by atoms with van der Waals surface area (Å²) in [7, 11) is 0. The van der Waals surface area contributed by atoms with E-state index in [0.29, 0.717) is 16.7 Å². The summed E-state index contributed by atoms with van der Waals surface area (Å²) < 4.78 is 13.9. The second-order valence-electron chi connectivity index (χ2n) is 4.38. The first-order valence-electron chi connectivity index (χ1n) is 5.94. The van der Waals surface area contributed by atoms with Crippen LogP contribution in [-0.4, -0.2) is 49.3 Å². The molecular weight excluding hydrogens is 301 g/mol. The predicted molar refractivity (Wildman–Crippen MR) is 74.3 cm³/mol. The second-order valence-corrected chi connectivity index (χ2v) is 5.23. The van der Waals surface area contributed by atoms with E-state index in [2.05, 4.69) is 25.7 Å². The van der Waals surface area contributed by atoms with Crippen LogP contribution in [0.25, 0.3) is 0 Å². The molecule has 1 aliphatic rings. The molecule has 1 saturated heterocycles. The molecule has 1 heterocycles. The van der Waals surface area contributed by atoms with Crippen LogP contribution in [0.2, 0.25) is 0 Å². The second kappa shape index (κ2) is 5.86. The van der Waals surface area contributed by atoms with Crippen molar-refractivity contribution in [1.29, 1.82) is 0 Å². The smallest absolute Gasteiger partial charge is 0.139 e. The molecule has 0 atom stereocenters. The molecule has 3 N–H and O–H groups in total. The van der Waals surface area contributed by atoms with Gasteiger partial charge >= 0.3 is 0 Å². The third kappa shape index (κ3) is 2.93. The summed E-state index contributed by atoms with van der Waals surface area (Å²) in [5.41, 5.74) is 7.25. The maximum Gasteiger partial charge on any atom is 0.139 e. The monoisotopic (exact) mass is 317 g/mol. The maximum atomic E-state index is 13.5. The number of β-amino-alcohol motifs (C(OH)–C–C–N with tert-alkyl or cyclic N) is 1. The van der Waals surface area contributed by atoms with Crippen molar-refractivity contribution in [2.45, 2.75) is 0 Å². The quantitative estimate of drug-likeness (QED) is 0.825. The summed E-state index contributed by atoms with van der Waals surface area (Å²) >= 11 is 3.12. The zero-order valence-electron chi connectivity index (χ0n) is 10.1. The molecule has 0 bridgehead atoms. The van der Waals surface area contributed by atoms with Gasteiger partial charge in [0.1, 0.15) is 5.82 Å². The Labute approximate surface area is 114 Å². The summed E-state index contributed by atoms with van der Waals surface area (Å²) in [5.74, 6) is -0.294. The van der Waals surface area contributed by atoms with Gasteiger partial charge in [0.15, 0.2) is 0 Å². The highest BCUT2D eigenvalue weighted by molar-refractivity contribution is 9.10. The molecule has 100 valence electrons. The number of aliphatic hydroxyl groups excluding tert-OH is 1. The Kier molecular flexibility index (Phi) is 4.42. The van der Waals surface area contributed by atoms with Gasteiger partial charge in [-0.2, -0.15) is 0 Å². The number of nitrogen functional groups attached to an aromatic ring is 1. The number of hydrogen-bond acceptors (Lipinski definition) is 4. The summed E-state index contributed by atoms with van der Waals surface area (Å²) in [4.78, 5) is 4.26. The Morgan fingerprint density at radius 2 is 1.94 bits per heavy atom. The molecule has 4 nitrogen and oxygen atoms in total. The van der Waals surface area contributed by atoms with Crippen molar-refractivity contribution >= 4 is 27.3 Å². The first kappa shape index (κ1) is 13.6. The third-order valence-corrected chi connectivity index (χ3v) is 3.81. The molecule has 1 aromatic rings. The Balaban J connectivity index is 2.07. The van der Waals surface area contributed by atoms with Crippen LogP contribution in [-0.2, 0) is 0 Å². The SMILES string of the molecule is Nc1cc(Br)c(F)cc1N1CCN(CCO)CC1. The lowest BCUT2D eigenvalue weighted by Crippen LogP contribution is -2.47. The van der Waals surface area contributed by atoms with Crippen molar-refractivity contribution in [2.75, 3.05) is 50.0 Å². The highest BCUT2D eigenvalue weighted by Gasteiger charge is 2.19. The van der Waals surface area contributed by atoms with E-state index in [1.54, 1.807) is 6.07 Å². The minimum atomic E-state index is -0.294. The average Bonchev–Trinajstić information content (AvgIpc) is 2.35. The predicted octanol–water partition coefficient (Wildman–Crippen LogP) is 1.28. The van der Waals surface area contributed by atoms with Gasteiger partial charge in [-0.25, -0.2) is 4.39 Å². The van der Waals surface area contributed by atoms with Gasteiger partial charge in [-0.15, -0.1) is 0 Å². The lowest BCUT2D eigenvalue weighted by Gasteiger charge is -2.36. The fraction of sp³-hybridized carbons (Fsp3) is 0.500. The normalized spacial score (nSPS) is 17.2. The van der Waals surface area contributed by atoms with E-state index in [1.807, 2.05) is 0 Å². The van der Waals surface area contributed by atoms with E-state index in [4.69, 9.17) is 10.8 Å². The number of nitrogens with two attached hydrogens (primary N) is 1. The van der Waals surface area contributed by atoms with E-state index in [-0.39, 0.29) is 12.4 Å². The van der Waals surface area contributed by atoms with Crippen molar-refractivity contribution in [2.24, 2.45) is 0 Å². The molecule has 0 aliphatic carbocycles. The molecular formula is C12H17BrFN3O. The van der Waals surface area contributed by atoms with Crippen molar-refractivity contribution in [3.05, 3.63) is 22.4 Å². The van der Waals surface area contributed by atoms with Gasteiger partial charge in [0.05, 0.1) is 22.5 Å². The molecule has 0 spiro atoms. The van der Waals surface area contributed by atoms with Gasteiger partial charge < -0.3 is 15.7 Å². The largest absolute Gasteiger partial charge is 0.397 e. The third-order valence-electron chi connectivity index (χ3n) is 3.20. The van der Waals surface area contributed by atoms with E-state index in [1.165, 1.54) is 6.07 Å². The highest BCUT2D eigenvalue weighted by Crippen LogP contribution is 2.30. The number of hydrogen-bond donors (Lipinski definition) is 2. The Morgan fingerprint density at radius 3 is 2.56 bits per heavy atom. The number of halogens is 2. The van der Waals surface area contributed by atoms with E-state index >= 15 is 0 Å². The van der Waals surface area contributed by atoms with Crippen molar-refractivity contribution < 1.29 is 9.50 Å². The topological polar surface area (TPSA) is 52.7 Å². The van der Waals surface area contributed by atoms with Gasteiger partial charge in [-0.05, 0) is 22.0 Å². The Bertz CT molecular complexity index is 422. The number of piperazine rings is 1. The summed E-state index contributed by atoms with van der Waals surface area (Å²) in [6.07, 6.45) is 0. The lowest BCUT2D eigenvalue weighted by molar-refractivity contribution is 0.189. The van der Waals surface area contributed by atoms with Gasteiger partial charge in [-0.1, -0.05) is 0 Å². The van der Waals surface area contributed by atoms with Gasteiger partial charge in [0.25, 0.3) is 0 Å². The number of nitrogens with zero attached hydrogens (tertiary/aromatic N) is 2.